The lowest BCUT2D eigenvalue weighted by Crippen LogP contribution is -2.29. The van der Waals surface area contributed by atoms with Gasteiger partial charge in [0.2, 0.25) is 0 Å². The van der Waals surface area contributed by atoms with Crippen LogP contribution in [0.25, 0.3) is 11.1 Å². The normalized spacial score (nSPS) is 10.4. The zero-order valence-electron chi connectivity index (χ0n) is 9.39. The first kappa shape index (κ1) is 12.4. The van der Waals surface area contributed by atoms with Gasteiger partial charge in [0.15, 0.2) is 0 Å². The Kier molecular flexibility index (Phi) is 3.67. The molecule has 0 amide bonds. The first-order chi connectivity index (χ1) is 8.08. The molecule has 0 saturated heterocycles. The average Bonchev–Trinajstić information content (AvgIpc) is 2.32. The molecule has 2 aromatic carbocycles. The fourth-order valence-electron chi connectivity index (χ4n) is 1.70. The van der Waals surface area contributed by atoms with Gasteiger partial charge in [-0.1, -0.05) is 57.9 Å². The Morgan fingerprint density at radius 3 is 2.24 bits per heavy atom. The highest BCUT2D eigenvalue weighted by atomic mass is 79.9. The molecule has 4 heteroatoms. The predicted octanol–water partition coefficient (Wildman–Crippen LogP) is 2.10. The molecule has 0 atom stereocenters. The van der Waals surface area contributed by atoms with Crippen LogP contribution in [0.1, 0.15) is 5.56 Å². The summed E-state index contributed by atoms with van der Waals surface area (Å²) in [5.41, 5.74) is 3.83. The first-order valence-corrected chi connectivity index (χ1v) is 6.10. The van der Waals surface area contributed by atoms with Crippen LogP contribution in [-0.4, -0.2) is 17.2 Å². The van der Waals surface area contributed by atoms with E-state index >= 15 is 0 Å². The molecular weight excluding hydrogens is 279 g/mol. The van der Waals surface area contributed by atoms with Crippen LogP contribution in [0.15, 0.2) is 46.9 Å². The van der Waals surface area contributed by atoms with Crippen molar-refractivity contribution in [2.75, 3.05) is 0 Å². The van der Waals surface area contributed by atoms with Crippen LogP contribution in [0, 0.1) is 6.92 Å². The summed E-state index contributed by atoms with van der Waals surface area (Å²) in [6.07, 6.45) is 0. The topological polar surface area (TPSA) is 40.5 Å². The minimum absolute atomic E-state index is 0.498. The zero-order valence-corrected chi connectivity index (χ0v) is 11.0. The van der Waals surface area contributed by atoms with Gasteiger partial charge in [-0.15, -0.1) is 0 Å². The summed E-state index contributed by atoms with van der Waals surface area (Å²) >= 11 is 3.52. The van der Waals surface area contributed by atoms with E-state index in [4.69, 9.17) is 10.0 Å². The highest BCUT2D eigenvalue weighted by Crippen LogP contribution is 2.28. The van der Waals surface area contributed by atoms with E-state index in [1.807, 2.05) is 31.2 Å². The van der Waals surface area contributed by atoms with Crippen molar-refractivity contribution in [1.29, 1.82) is 0 Å². The highest BCUT2D eigenvalue weighted by Gasteiger charge is 2.10. The molecule has 0 saturated carbocycles. The smallest absolute Gasteiger partial charge is 0.423 e. The minimum Gasteiger partial charge on any atom is -0.423 e. The van der Waals surface area contributed by atoms with Crippen molar-refractivity contribution in [1.82, 2.24) is 0 Å². The number of halogens is 1. The molecule has 0 heterocycles. The quantitative estimate of drug-likeness (QED) is 0.832. The fourth-order valence-corrected chi connectivity index (χ4v) is 2.17. The van der Waals surface area contributed by atoms with Crippen LogP contribution in [0.4, 0.5) is 0 Å². The molecule has 0 radical (unpaired) electrons. The van der Waals surface area contributed by atoms with Crippen LogP contribution in [-0.2, 0) is 0 Å². The maximum absolute atomic E-state index is 9.03. The summed E-state index contributed by atoms with van der Waals surface area (Å²) in [7, 11) is -1.41. The molecule has 86 valence electrons. The van der Waals surface area contributed by atoms with Crippen molar-refractivity contribution in [2.45, 2.75) is 6.92 Å². The Morgan fingerprint density at radius 2 is 1.65 bits per heavy atom. The van der Waals surface area contributed by atoms with Gasteiger partial charge in [-0.3, -0.25) is 0 Å². The van der Waals surface area contributed by atoms with Gasteiger partial charge in [-0.25, -0.2) is 0 Å². The number of aryl methyl sites for hydroxylation is 1. The minimum atomic E-state index is -1.41. The second-order valence-electron chi connectivity index (χ2n) is 3.98. The SMILES string of the molecule is Cc1ccc(Br)c(-c2ccc(B(O)O)cc2)c1. The van der Waals surface area contributed by atoms with Gasteiger partial charge in [0.05, 0.1) is 0 Å². The van der Waals surface area contributed by atoms with E-state index in [-0.39, 0.29) is 0 Å². The highest BCUT2D eigenvalue weighted by molar-refractivity contribution is 9.10. The van der Waals surface area contributed by atoms with E-state index in [0.717, 1.165) is 15.6 Å². The fraction of sp³-hybridized carbons (Fsp3) is 0.0769. The van der Waals surface area contributed by atoms with Crippen LogP contribution in [0.5, 0.6) is 0 Å². The van der Waals surface area contributed by atoms with E-state index in [2.05, 4.69) is 22.0 Å². The molecule has 2 aromatic rings. The second kappa shape index (κ2) is 5.04. The molecule has 0 bridgehead atoms. The van der Waals surface area contributed by atoms with Gasteiger partial charge < -0.3 is 10.0 Å². The monoisotopic (exact) mass is 290 g/mol. The lowest BCUT2D eigenvalue weighted by Gasteiger charge is -2.07. The number of rotatable bonds is 2. The molecular formula is C13H12BBrO2. The molecule has 0 fully saturated rings. The standard InChI is InChI=1S/C13H12BBrO2/c1-9-2-7-13(15)12(8-9)10-3-5-11(6-4-10)14(16)17/h2-8,16-17H,1H3. The van der Waals surface area contributed by atoms with Crippen molar-refractivity contribution in [3.63, 3.8) is 0 Å². The largest absolute Gasteiger partial charge is 0.488 e. The molecule has 0 spiro atoms. The number of benzene rings is 2. The Morgan fingerprint density at radius 1 is 1.00 bits per heavy atom. The average molecular weight is 291 g/mol. The molecule has 0 unspecified atom stereocenters. The molecule has 0 aliphatic rings. The van der Waals surface area contributed by atoms with Gasteiger partial charge >= 0.3 is 7.12 Å². The van der Waals surface area contributed by atoms with Gasteiger partial charge in [-0.2, -0.15) is 0 Å². The number of hydrogen-bond acceptors (Lipinski definition) is 2. The van der Waals surface area contributed by atoms with E-state index in [1.165, 1.54) is 5.56 Å². The summed E-state index contributed by atoms with van der Waals surface area (Å²) in [5.74, 6) is 0. The summed E-state index contributed by atoms with van der Waals surface area (Å²) in [6, 6.07) is 13.3. The van der Waals surface area contributed by atoms with Gasteiger partial charge in [0.25, 0.3) is 0 Å². The molecule has 2 N–H and O–H groups in total. The van der Waals surface area contributed by atoms with Crippen molar-refractivity contribution >= 4 is 28.5 Å². The van der Waals surface area contributed by atoms with Crippen molar-refractivity contribution in [3.8, 4) is 11.1 Å². The molecule has 0 aliphatic heterocycles. The van der Waals surface area contributed by atoms with E-state index in [0.29, 0.717) is 5.46 Å². The number of hydrogen-bond donors (Lipinski definition) is 2. The predicted molar refractivity (Wildman–Crippen MR) is 74.1 cm³/mol. The van der Waals surface area contributed by atoms with E-state index < -0.39 is 7.12 Å². The van der Waals surface area contributed by atoms with Crippen LogP contribution < -0.4 is 5.46 Å². The van der Waals surface area contributed by atoms with Crippen LogP contribution in [0.2, 0.25) is 0 Å². The molecule has 0 aliphatic carbocycles. The summed E-state index contributed by atoms with van der Waals surface area (Å²) in [6.45, 7) is 2.04. The maximum Gasteiger partial charge on any atom is 0.488 e. The zero-order chi connectivity index (χ0) is 12.4. The molecule has 0 aromatic heterocycles. The van der Waals surface area contributed by atoms with Crippen LogP contribution >= 0.6 is 15.9 Å². The van der Waals surface area contributed by atoms with E-state index in [9.17, 15) is 0 Å². The maximum atomic E-state index is 9.03. The lowest BCUT2D eigenvalue weighted by molar-refractivity contribution is 0.426. The molecule has 17 heavy (non-hydrogen) atoms. The lowest BCUT2D eigenvalue weighted by atomic mass is 9.80. The Labute approximate surface area is 109 Å². The third kappa shape index (κ3) is 2.78. The molecule has 2 rings (SSSR count). The summed E-state index contributed by atoms with van der Waals surface area (Å²) in [4.78, 5) is 0. The summed E-state index contributed by atoms with van der Waals surface area (Å²) in [5, 5.41) is 18.1. The van der Waals surface area contributed by atoms with Gasteiger partial charge in [-0.05, 0) is 29.6 Å². The Bertz CT molecular complexity index is 523. The molecule has 2 nitrogen and oxygen atoms in total. The van der Waals surface area contributed by atoms with Gasteiger partial charge in [0.1, 0.15) is 0 Å². The Hall–Kier alpha value is -1.10. The Balaban J connectivity index is 2.43. The van der Waals surface area contributed by atoms with Crippen LogP contribution in [0.3, 0.4) is 0 Å². The van der Waals surface area contributed by atoms with Gasteiger partial charge in [0, 0.05) is 4.47 Å². The third-order valence-corrected chi connectivity index (χ3v) is 3.33. The first-order valence-electron chi connectivity index (χ1n) is 5.30. The van der Waals surface area contributed by atoms with E-state index in [1.54, 1.807) is 12.1 Å². The van der Waals surface area contributed by atoms with Crippen molar-refractivity contribution in [2.24, 2.45) is 0 Å². The third-order valence-electron chi connectivity index (χ3n) is 2.64. The summed E-state index contributed by atoms with van der Waals surface area (Å²) < 4.78 is 1.03. The second-order valence-corrected chi connectivity index (χ2v) is 4.83. The van der Waals surface area contributed by atoms with Crippen molar-refractivity contribution in [3.05, 3.63) is 52.5 Å². The van der Waals surface area contributed by atoms with Crippen molar-refractivity contribution < 1.29 is 10.0 Å².